The molecule has 21 unspecified atom stereocenters. The van der Waals surface area contributed by atoms with Crippen LogP contribution in [0.4, 0.5) is 0 Å². The van der Waals surface area contributed by atoms with Crippen molar-refractivity contribution in [2.75, 3.05) is 34.9 Å². The molecule has 0 aromatic heterocycles. The number of aliphatic hydroxyl groups is 4. The lowest BCUT2D eigenvalue weighted by atomic mass is 9.79. The Balaban J connectivity index is 1.71. The summed E-state index contributed by atoms with van der Waals surface area (Å²) in [5.41, 5.74) is -0.837. The van der Waals surface area contributed by atoms with Gasteiger partial charge in [0.1, 0.15) is 55.1 Å². The lowest BCUT2D eigenvalue weighted by Gasteiger charge is -2.50. The number of aliphatic hydroxyl groups excluding tert-OH is 3. The second-order valence-electron chi connectivity index (χ2n) is 19.6. The van der Waals surface area contributed by atoms with E-state index in [1.807, 2.05) is 13.0 Å². The number of aldehydes is 1. The number of allylic oxidation sites excluding steroid dienone is 3. The number of carbonyl (C=O) groups excluding carboxylic acids is 4. The third-order valence-electron chi connectivity index (χ3n) is 14.0. The first-order chi connectivity index (χ1) is 32.0. The maximum atomic E-state index is 14.2. The van der Waals surface area contributed by atoms with Gasteiger partial charge in [0.15, 0.2) is 24.7 Å². The molecule has 0 aliphatic carbocycles. The van der Waals surface area contributed by atoms with Gasteiger partial charge in [0.2, 0.25) is 0 Å². The zero-order valence-corrected chi connectivity index (χ0v) is 42.3. The van der Waals surface area contributed by atoms with Crippen molar-refractivity contribution < 1.29 is 87.0 Å². The number of methoxy groups -OCH3 is 2. The minimum absolute atomic E-state index is 0.0163. The van der Waals surface area contributed by atoms with E-state index in [-0.39, 0.29) is 38.1 Å². The van der Waals surface area contributed by atoms with Gasteiger partial charge in [-0.2, -0.15) is 0 Å². The predicted octanol–water partition coefficient (Wildman–Crippen LogP) is 2.79. The number of ketones is 1. The van der Waals surface area contributed by atoms with Crippen LogP contribution in [0.2, 0.25) is 0 Å². The van der Waals surface area contributed by atoms with Gasteiger partial charge in [-0.1, -0.05) is 45.4 Å². The quantitative estimate of drug-likeness (QED) is 0.136. The summed E-state index contributed by atoms with van der Waals surface area (Å²) >= 11 is 0. The van der Waals surface area contributed by atoms with Crippen LogP contribution in [0.25, 0.3) is 0 Å². The average molecular weight is 972 g/mol. The summed E-state index contributed by atoms with van der Waals surface area (Å²) in [5, 5.41) is 44.3. The number of hydrogen-bond donors (Lipinski definition) is 4. The number of cyclic esters (lactones) is 1. The van der Waals surface area contributed by atoms with Crippen molar-refractivity contribution in [3.63, 3.8) is 0 Å². The van der Waals surface area contributed by atoms with Gasteiger partial charge in [-0.05, 0) is 73.5 Å². The van der Waals surface area contributed by atoms with Crippen molar-refractivity contribution in [1.82, 2.24) is 4.90 Å². The fourth-order valence-electron chi connectivity index (χ4n) is 9.90. The van der Waals surface area contributed by atoms with Gasteiger partial charge in [0.25, 0.3) is 0 Å². The normalized spacial score (nSPS) is 42.6. The summed E-state index contributed by atoms with van der Waals surface area (Å²) in [6.45, 7) is 15.3. The Bertz CT molecular complexity index is 1690. The molecule has 0 aromatic rings. The van der Waals surface area contributed by atoms with Crippen LogP contribution in [0.15, 0.2) is 23.8 Å². The van der Waals surface area contributed by atoms with E-state index in [9.17, 15) is 39.6 Å². The first-order valence-electron chi connectivity index (χ1n) is 24.1. The molecule has 0 saturated carbocycles. The highest BCUT2D eigenvalue weighted by molar-refractivity contribution is 5.91. The standard InChI is InChI=1S/C49H81NO18/c1-14-34-32(24-61-48-45(60-13)44(59-12)40(55)28(6)63-48)20-25(3)16-17-33(52)26(4)21-31(18-19-51)42(27(5)35(22-37(54)65-34)66-36(53)15-2)68-47-41(56)39(50(10)11)43(29(7)64-47)67-38-23-49(9,58)46(57)30(8)62-38/h16-17,19-20,26-32,34-35,38-48,55-58H,14-15,18,21-24H2,1-13H3. The van der Waals surface area contributed by atoms with E-state index in [2.05, 4.69) is 0 Å². The average Bonchev–Trinajstić information content (AvgIpc) is 3.28. The van der Waals surface area contributed by atoms with Crippen molar-refractivity contribution in [1.29, 1.82) is 0 Å². The Labute approximate surface area is 402 Å². The Morgan fingerprint density at radius 1 is 0.882 bits per heavy atom. The maximum Gasteiger partial charge on any atom is 0.309 e. The Kier molecular flexibility index (Phi) is 22.2. The van der Waals surface area contributed by atoms with Crippen molar-refractivity contribution >= 4 is 24.0 Å². The van der Waals surface area contributed by atoms with E-state index in [4.69, 9.17) is 47.4 Å². The summed E-state index contributed by atoms with van der Waals surface area (Å²) in [5.74, 6) is -4.30. The molecule has 0 aromatic carbocycles. The molecule has 4 aliphatic rings. The van der Waals surface area contributed by atoms with Crippen LogP contribution in [0, 0.1) is 23.7 Å². The van der Waals surface area contributed by atoms with Crippen LogP contribution in [0.1, 0.15) is 101 Å². The summed E-state index contributed by atoms with van der Waals surface area (Å²) in [6, 6.07) is -0.777. The van der Waals surface area contributed by atoms with Crippen LogP contribution >= 0.6 is 0 Å². The molecular weight excluding hydrogens is 891 g/mol. The van der Waals surface area contributed by atoms with Gasteiger partial charge in [0.05, 0.1) is 49.1 Å². The van der Waals surface area contributed by atoms with Gasteiger partial charge < -0.3 is 77.5 Å². The molecule has 19 heteroatoms. The highest BCUT2D eigenvalue weighted by Gasteiger charge is 2.52. The van der Waals surface area contributed by atoms with Crippen LogP contribution in [0.5, 0.6) is 0 Å². The zero-order chi connectivity index (χ0) is 50.8. The molecule has 4 heterocycles. The first kappa shape index (κ1) is 57.8. The molecule has 68 heavy (non-hydrogen) atoms. The fraction of sp³-hybridized carbons (Fsp3) is 0.837. The molecule has 0 spiro atoms. The van der Waals surface area contributed by atoms with E-state index in [0.29, 0.717) is 12.0 Å². The predicted molar refractivity (Wildman–Crippen MR) is 245 cm³/mol. The lowest BCUT2D eigenvalue weighted by Crippen LogP contribution is -2.65. The largest absolute Gasteiger partial charge is 0.462 e. The van der Waals surface area contributed by atoms with Crippen molar-refractivity contribution in [3.05, 3.63) is 23.8 Å². The highest BCUT2D eigenvalue weighted by Crippen LogP contribution is 2.38. The minimum Gasteiger partial charge on any atom is -0.462 e. The van der Waals surface area contributed by atoms with Gasteiger partial charge in [0, 0.05) is 51.2 Å². The molecular formula is C49H81NO18. The summed E-state index contributed by atoms with van der Waals surface area (Å²) in [6.07, 6.45) is -8.71. The van der Waals surface area contributed by atoms with E-state index < -0.39 is 146 Å². The number of rotatable bonds is 15. The molecule has 0 radical (unpaired) electrons. The van der Waals surface area contributed by atoms with Crippen LogP contribution in [-0.2, 0) is 66.5 Å². The van der Waals surface area contributed by atoms with Crippen LogP contribution in [0.3, 0.4) is 0 Å². The SMILES string of the molecule is CCC(=O)OC1CC(=O)OC(CC)C(COC2OC(C)C(O)C(OC)C2OC)C=C(C)C=CC(=O)C(C)CC(CC=O)C(OC2OC(C)C(OC3CC(C)(O)C(O)C(C)O3)C(N(C)C)C2O)C1C. The third-order valence-corrected chi connectivity index (χ3v) is 14.0. The number of esters is 2. The molecule has 3 fully saturated rings. The second kappa shape index (κ2) is 26.1. The number of carbonyl (C=O) groups is 4. The van der Waals surface area contributed by atoms with Crippen molar-refractivity contribution in [2.24, 2.45) is 23.7 Å². The number of nitrogens with zero attached hydrogens (tertiary/aromatic N) is 1. The smallest absolute Gasteiger partial charge is 0.309 e. The summed E-state index contributed by atoms with van der Waals surface area (Å²) in [4.78, 5) is 55.5. The summed E-state index contributed by atoms with van der Waals surface area (Å²) < 4.78 is 61.2. The number of likely N-dealkylation sites (N-methyl/N-ethyl adjacent to an activating group) is 1. The summed E-state index contributed by atoms with van der Waals surface area (Å²) in [7, 11) is 6.42. The van der Waals surface area contributed by atoms with Gasteiger partial charge >= 0.3 is 11.9 Å². The van der Waals surface area contributed by atoms with E-state index in [0.717, 1.165) is 6.29 Å². The zero-order valence-electron chi connectivity index (χ0n) is 42.3. The maximum absolute atomic E-state index is 14.2. The molecule has 0 bridgehead atoms. The number of hydrogen-bond acceptors (Lipinski definition) is 19. The lowest BCUT2D eigenvalue weighted by molar-refractivity contribution is -0.342. The van der Waals surface area contributed by atoms with Crippen LogP contribution in [-0.4, -0.2) is 188 Å². The molecule has 21 atom stereocenters. The fourth-order valence-corrected chi connectivity index (χ4v) is 9.90. The van der Waals surface area contributed by atoms with E-state index in [1.165, 1.54) is 27.2 Å². The van der Waals surface area contributed by atoms with Gasteiger partial charge in [-0.3, -0.25) is 14.4 Å². The second-order valence-corrected chi connectivity index (χ2v) is 19.6. The van der Waals surface area contributed by atoms with Crippen molar-refractivity contribution in [2.45, 2.75) is 205 Å². The van der Waals surface area contributed by atoms with Crippen LogP contribution < -0.4 is 0 Å². The van der Waals surface area contributed by atoms with Gasteiger partial charge in [-0.25, -0.2) is 0 Å². The molecule has 0 amide bonds. The Morgan fingerprint density at radius 3 is 2.13 bits per heavy atom. The van der Waals surface area contributed by atoms with E-state index >= 15 is 0 Å². The van der Waals surface area contributed by atoms with E-state index in [1.54, 1.807) is 73.5 Å². The highest BCUT2D eigenvalue weighted by atomic mass is 16.7. The molecule has 4 aliphatic heterocycles. The van der Waals surface area contributed by atoms with Gasteiger partial charge in [-0.15, -0.1) is 0 Å². The molecule has 4 N–H and O–H groups in total. The third kappa shape index (κ3) is 14.7. The Hall–Kier alpha value is -2.76. The molecule has 4 rings (SSSR count). The van der Waals surface area contributed by atoms with Crippen molar-refractivity contribution in [3.8, 4) is 0 Å². The molecule has 3 saturated heterocycles. The monoisotopic (exact) mass is 972 g/mol. The Morgan fingerprint density at radius 2 is 1.54 bits per heavy atom. The number of ether oxygens (including phenoxy) is 10. The molecule has 390 valence electrons. The first-order valence-corrected chi connectivity index (χ1v) is 24.1. The minimum atomic E-state index is -1.51. The topological polar surface area (TPSA) is 245 Å². The molecule has 19 nitrogen and oxygen atoms in total.